The first-order chi connectivity index (χ1) is 11.6. The highest BCUT2D eigenvalue weighted by Gasteiger charge is 2.31. The minimum Gasteiger partial charge on any atom is -0.353 e. The molecule has 0 spiro atoms. The summed E-state index contributed by atoms with van der Waals surface area (Å²) in [4.78, 5) is 28.7. The van der Waals surface area contributed by atoms with Gasteiger partial charge in [0.05, 0.1) is 0 Å². The summed E-state index contributed by atoms with van der Waals surface area (Å²) in [7, 11) is 0. The number of piperidine rings is 2. The lowest BCUT2D eigenvalue weighted by Crippen LogP contribution is -2.49. The molecule has 1 atom stereocenters. The summed E-state index contributed by atoms with van der Waals surface area (Å²) >= 11 is 0. The molecule has 3 amide bonds. The molecule has 136 valence electrons. The van der Waals surface area contributed by atoms with Crippen LogP contribution in [0.4, 0.5) is 4.79 Å². The molecular weight excluding hydrogens is 304 g/mol. The molecule has 0 aromatic rings. The van der Waals surface area contributed by atoms with Crippen LogP contribution in [-0.4, -0.2) is 66.5 Å². The lowest BCUT2D eigenvalue weighted by molar-refractivity contribution is -0.126. The highest BCUT2D eigenvalue weighted by molar-refractivity contribution is 5.80. The van der Waals surface area contributed by atoms with Gasteiger partial charge in [0.2, 0.25) is 5.91 Å². The van der Waals surface area contributed by atoms with E-state index < -0.39 is 0 Å². The number of carbonyl (C=O) groups is 2. The van der Waals surface area contributed by atoms with Crippen molar-refractivity contribution in [3.05, 3.63) is 0 Å². The predicted molar refractivity (Wildman–Crippen MR) is 93.7 cm³/mol. The Labute approximate surface area is 145 Å². The molecule has 2 aliphatic heterocycles. The van der Waals surface area contributed by atoms with Crippen LogP contribution >= 0.6 is 0 Å². The Hall–Kier alpha value is -1.30. The third-order valence-corrected chi connectivity index (χ3v) is 5.69. The van der Waals surface area contributed by atoms with E-state index in [1.807, 2.05) is 4.90 Å². The Morgan fingerprint density at radius 1 is 1.00 bits per heavy atom. The van der Waals surface area contributed by atoms with Crippen molar-refractivity contribution in [1.29, 1.82) is 0 Å². The first kappa shape index (κ1) is 17.5. The highest BCUT2D eigenvalue weighted by atomic mass is 16.2. The number of rotatable bonds is 5. The van der Waals surface area contributed by atoms with E-state index in [4.69, 9.17) is 0 Å². The second-order valence-electron chi connectivity index (χ2n) is 7.66. The van der Waals surface area contributed by atoms with Gasteiger partial charge in [-0.05, 0) is 52.0 Å². The third-order valence-electron chi connectivity index (χ3n) is 5.69. The van der Waals surface area contributed by atoms with E-state index in [1.165, 1.54) is 19.3 Å². The molecular formula is C18H32N4O2. The van der Waals surface area contributed by atoms with Crippen molar-refractivity contribution in [1.82, 2.24) is 20.4 Å². The number of hydrogen-bond acceptors (Lipinski definition) is 3. The summed E-state index contributed by atoms with van der Waals surface area (Å²) in [5.41, 5.74) is 0. The zero-order chi connectivity index (χ0) is 16.9. The van der Waals surface area contributed by atoms with Gasteiger partial charge in [0.1, 0.15) is 0 Å². The maximum absolute atomic E-state index is 12.3. The quantitative estimate of drug-likeness (QED) is 0.801. The zero-order valence-corrected chi connectivity index (χ0v) is 14.9. The topological polar surface area (TPSA) is 64.7 Å². The number of hydrogen-bond donors (Lipinski definition) is 2. The monoisotopic (exact) mass is 336 g/mol. The second-order valence-corrected chi connectivity index (χ2v) is 7.66. The van der Waals surface area contributed by atoms with Crippen molar-refractivity contribution < 1.29 is 9.59 Å². The number of nitrogens with one attached hydrogen (secondary N) is 2. The summed E-state index contributed by atoms with van der Waals surface area (Å²) in [5.74, 6) is 0.278. The smallest absolute Gasteiger partial charge is 0.317 e. The lowest BCUT2D eigenvalue weighted by Gasteiger charge is -2.34. The highest BCUT2D eigenvalue weighted by Crippen LogP contribution is 2.22. The summed E-state index contributed by atoms with van der Waals surface area (Å²) in [5, 5.41) is 6.13. The Morgan fingerprint density at radius 2 is 1.75 bits per heavy atom. The first-order valence-corrected chi connectivity index (χ1v) is 9.70. The largest absolute Gasteiger partial charge is 0.353 e. The van der Waals surface area contributed by atoms with Crippen LogP contribution in [0.5, 0.6) is 0 Å². The molecule has 3 fully saturated rings. The van der Waals surface area contributed by atoms with Crippen LogP contribution in [0.1, 0.15) is 51.9 Å². The molecule has 3 aliphatic rings. The van der Waals surface area contributed by atoms with Gasteiger partial charge in [0.15, 0.2) is 0 Å². The van der Waals surface area contributed by atoms with Gasteiger partial charge in [0.25, 0.3) is 0 Å². The zero-order valence-electron chi connectivity index (χ0n) is 14.9. The van der Waals surface area contributed by atoms with Gasteiger partial charge >= 0.3 is 6.03 Å². The average molecular weight is 336 g/mol. The van der Waals surface area contributed by atoms with Crippen LogP contribution in [0.15, 0.2) is 0 Å². The molecule has 0 bridgehead atoms. The van der Waals surface area contributed by atoms with Crippen molar-refractivity contribution in [3.8, 4) is 0 Å². The van der Waals surface area contributed by atoms with Gasteiger partial charge in [0, 0.05) is 44.2 Å². The average Bonchev–Trinajstić information content (AvgIpc) is 3.40. The van der Waals surface area contributed by atoms with Gasteiger partial charge < -0.3 is 15.5 Å². The number of nitrogens with zero attached hydrogens (tertiary/aromatic N) is 2. The second kappa shape index (κ2) is 8.19. The summed E-state index contributed by atoms with van der Waals surface area (Å²) in [6, 6.07) is 1.09. The third kappa shape index (κ3) is 4.85. The predicted octanol–water partition coefficient (Wildman–Crippen LogP) is 1.56. The minimum atomic E-state index is 0.0284. The van der Waals surface area contributed by atoms with Crippen LogP contribution in [0.25, 0.3) is 0 Å². The molecule has 1 aliphatic carbocycles. The van der Waals surface area contributed by atoms with Crippen molar-refractivity contribution >= 4 is 11.9 Å². The minimum absolute atomic E-state index is 0.0284. The van der Waals surface area contributed by atoms with Crippen molar-refractivity contribution in [2.45, 2.75) is 64.0 Å². The van der Waals surface area contributed by atoms with Crippen molar-refractivity contribution in [2.24, 2.45) is 5.92 Å². The molecule has 3 rings (SSSR count). The van der Waals surface area contributed by atoms with Crippen LogP contribution in [0, 0.1) is 5.92 Å². The molecule has 2 heterocycles. The summed E-state index contributed by atoms with van der Waals surface area (Å²) in [6.45, 7) is 6.46. The van der Waals surface area contributed by atoms with Crippen LogP contribution in [0.2, 0.25) is 0 Å². The van der Waals surface area contributed by atoms with E-state index in [0.29, 0.717) is 31.7 Å². The van der Waals surface area contributed by atoms with E-state index in [1.54, 1.807) is 0 Å². The van der Waals surface area contributed by atoms with E-state index in [9.17, 15) is 9.59 Å². The molecule has 2 N–H and O–H groups in total. The van der Waals surface area contributed by atoms with Crippen LogP contribution in [-0.2, 0) is 4.79 Å². The molecule has 0 unspecified atom stereocenters. The SMILES string of the molecule is C[C@@H]1CCCCN1CCNC(=O)N1CCC(C(=O)NC2CC2)CC1. The van der Waals surface area contributed by atoms with E-state index >= 15 is 0 Å². The molecule has 1 saturated carbocycles. The number of likely N-dealkylation sites (tertiary alicyclic amines) is 2. The molecule has 2 saturated heterocycles. The van der Waals surface area contributed by atoms with Gasteiger partial charge in [-0.15, -0.1) is 0 Å². The fourth-order valence-corrected chi connectivity index (χ4v) is 3.80. The maximum atomic E-state index is 12.3. The van der Waals surface area contributed by atoms with Crippen LogP contribution < -0.4 is 10.6 Å². The standard InChI is InChI=1S/C18H32N4O2/c1-14-4-2-3-10-21(14)13-9-19-18(24)22-11-7-15(8-12-22)17(23)20-16-5-6-16/h14-16H,2-13H2,1H3,(H,19,24)(H,20,23)/t14-/m1/s1. The molecule has 24 heavy (non-hydrogen) atoms. The molecule has 0 aromatic heterocycles. The lowest BCUT2D eigenvalue weighted by atomic mass is 9.96. The molecule has 0 aromatic carbocycles. The van der Waals surface area contributed by atoms with Gasteiger partial charge in [-0.1, -0.05) is 6.42 Å². The first-order valence-electron chi connectivity index (χ1n) is 9.70. The normalized spacial score (nSPS) is 26.2. The van der Waals surface area contributed by atoms with Crippen LogP contribution in [0.3, 0.4) is 0 Å². The Bertz CT molecular complexity index is 444. The number of urea groups is 1. The number of amides is 3. The fourth-order valence-electron chi connectivity index (χ4n) is 3.80. The summed E-state index contributed by atoms with van der Waals surface area (Å²) < 4.78 is 0. The fraction of sp³-hybridized carbons (Fsp3) is 0.889. The maximum Gasteiger partial charge on any atom is 0.317 e. The van der Waals surface area contributed by atoms with E-state index in [2.05, 4.69) is 22.5 Å². The van der Waals surface area contributed by atoms with E-state index in [0.717, 1.165) is 38.8 Å². The van der Waals surface area contributed by atoms with Crippen molar-refractivity contribution in [2.75, 3.05) is 32.7 Å². The Morgan fingerprint density at radius 3 is 2.42 bits per heavy atom. The van der Waals surface area contributed by atoms with E-state index in [-0.39, 0.29) is 17.9 Å². The van der Waals surface area contributed by atoms with Crippen molar-refractivity contribution in [3.63, 3.8) is 0 Å². The Kier molecular flexibility index (Phi) is 5.98. The summed E-state index contributed by atoms with van der Waals surface area (Å²) in [6.07, 6.45) is 7.70. The van der Waals surface area contributed by atoms with Gasteiger partial charge in [-0.2, -0.15) is 0 Å². The molecule has 6 heteroatoms. The number of carbonyl (C=O) groups excluding carboxylic acids is 2. The molecule has 6 nitrogen and oxygen atoms in total. The Balaban J connectivity index is 1.32. The van der Waals surface area contributed by atoms with Gasteiger partial charge in [-0.25, -0.2) is 4.79 Å². The van der Waals surface area contributed by atoms with Gasteiger partial charge in [-0.3, -0.25) is 9.69 Å². The molecule has 0 radical (unpaired) electrons.